The maximum atomic E-state index is 13.2. The number of allylic oxidation sites excluding steroid dienone is 1. The molecule has 1 saturated heterocycles. The number of oxime groups is 1. The zero-order chi connectivity index (χ0) is 40.9. The lowest BCUT2D eigenvalue weighted by molar-refractivity contribution is -0.223. The molecule has 12 nitrogen and oxygen atoms in total. The number of hydrogen-bond donors (Lipinski definition) is 3. The minimum atomic E-state index is -1.12. The number of hydrogen-bond acceptors (Lipinski definition) is 12. The molecule has 1 aromatic heterocycles. The van der Waals surface area contributed by atoms with Crippen LogP contribution in [0.15, 0.2) is 96.6 Å². The van der Waals surface area contributed by atoms with E-state index in [0.717, 1.165) is 78.8 Å². The van der Waals surface area contributed by atoms with Crippen molar-refractivity contribution in [2.75, 3.05) is 32.2 Å². The molecule has 3 aromatic rings. The number of ether oxygens (including phenoxy) is 4. The Labute approximate surface area is 351 Å². The first-order valence-corrected chi connectivity index (χ1v) is 22.3. The Morgan fingerprint density at radius 2 is 1.92 bits per heavy atom. The molecule has 0 radical (unpaired) electrons. The molecule has 0 spiro atoms. The second-order valence-corrected chi connectivity index (χ2v) is 17.0. The molecule has 1 amide bonds. The quantitative estimate of drug-likeness (QED) is 0.0579. The summed E-state index contributed by atoms with van der Waals surface area (Å²) in [5, 5.41) is 27.4. The van der Waals surface area contributed by atoms with Crippen LogP contribution in [0, 0.1) is 17.8 Å². The van der Waals surface area contributed by atoms with Gasteiger partial charge in [0.1, 0.15) is 11.5 Å². The number of aliphatic hydroxyl groups excluding tert-OH is 2. The Balaban J connectivity index is 1.31. The normalized spacial score (nSPS) is 26.5. The van der Waals surface area contributed by atoms with Gasteiger partial charge in [0.15, 0.2) is 0 Å². The summed E-state index contributed by atoms with van der Waals surface area (Å²) in [5.41, 5.74) is 4.70. The number of benzene rings is 2. The molecule has 59 heavy (non-hydrogen) atoms. The predicted molar refractivity (Wildman–Crippen MR) is 227 cm³/mol. The summed E-state index contributed by atoms with van der Waals surface area (Å²) >= 11 is 1.78. The third-order valence-electron chi connectivity index (χ3n) is 11.8. The number of unbranched alkanes of at least 4 members (excludes halogenated alkanes) is 2. The molecule has 13 heteroatoms. The van der Waals surface area contributed by atoms with Crippen LogP contribution in [0.25, 0.3) is 0 Å². The average Bonchev–Trinajstić information content (AvgIpc) is 3.27. The Morgan fingerprint density at radius 1 is 1.07 bits per heavy atom. The van der Waals surface area contributed by atoms with Crippen molar-refractivity contribution in [2.24, 2.45) is 22.9 Å². The van der Waals surface area contributed by atoms with Crippen LogP contribution in [0.5, 0.6) is 11.5 Å². The highest BCUT2D eigenvalue weighted by molar-refractivity contribution is 8.00. The number of amides is 1. The largest absolute Gasteiger partial charge is 0.460 e. The number of rotatable bonds is 20. The highest BCUT2D eigenvalue weighted by atomic mass is 32.2. The maximum absolute atomic E-state index is 13.2. The molecular formula is C46H58N4O8S. The van der Waals surface area contributed by atoms with Gasteiger partial charge >= 0.3 is 6.09 Å². The van der Waals surface area contributed by atoms with E-state index in [1.54, 1.807) is 42.5 Å². The van der Waals surface area contributed by atoms with Gasteiger partial charge in [-0.1, -0.05) is 60.5 Å². The number of aryl methyl sites for hydroxylation is 1. The molecule has 1 saturated carbocycles. The molecule has 7 atom stereocenters. The molecule has 7 unspecified atom stereocenters. The van der Waals surface area contributed by atoms with Crippen LogP contribution in [0.4, 0.5) is 4.79 Å². The van der Waals surface area contributed by atoms with Crippen molar-refractivity contribution in [1.82, 2.24) is 15.3 Å². The minimum Gasteiger partial charge on any atom is -0.460 e. The van der Waals surface area contributed by atoms with Crippen LogP contribution in [-0.2, 0) is 27.3 Å². The fourth-order valence-electron chi connectivity index (χ4n) is 9.13. The molecule has 2 aliphatic carbocycles. The molecule has 2 aromatic carbocycles. The Kier molecular flexibility index (Phi) is 15.5. The van der Waals surface area contributed by atoms with E-state index in [4.69, 9.17) is 28.9 Å². The zero-order valence-electron chi connectivity index (χ0n) is 33.8. The topological polar surface area (TPSA) is 154 Å². The summed E-state index contributed by atoms with van der Waals surface area (Å²) in [6.45, 7) is 5.53. The first-order chi connectivity index (χ1) is 29.0. The van der Waals surface area contributed by atoms with Crippen molar-refractivity contribution in [1.29, 1.82) is 0 Å². The summed E-state index contributed by atoms with van der Waals surface area (Å²) < 4.78 is 26.2. The van der Waals surface area contributed by atoms with Crippen molar-refractivity contribution in [2.45, 2.75) is 100 Å². The highest BCUT2D eigenvalue weighted by Gasteiger charge is 2.64. The van der Waals surface area contributed by atoms with Crippen LogP contribution >= 0.6 is 11.8 Å². The SMILES string of the molecule is C=CCOC12Oc3ccc(OC(=O)NCc4ccccc4)cc3C3C(CCCCO)C(CCCCO)C=C(C(=NOC4CCCCO4)CC1SCCc1cnccn1)C32. The fourth-order valence-corrected chi connectivity index (χ4v) is 10.5. The zero-order valence-corrected chi connectivity index (χ0v) is 34.6. The maximum Gasteiger partial charge on any atom is 0.412 e. The van der Waals surface area contributed by atoms with E-state index in [9.17, 15) is 15.0 Å². The van der Waals surface area contributed by atoms with Gasteiger partial charge in [-0.3, -0.25) is 9.97 Å². The third-order valence-corrected chi connectivity index (χ3v) is 13.2. The second kappa shape index (κ2) is 21.3. The second-order valence-electron chi connectivity index (χ2n) is 15.7. The minimum absolute atomic E-state index is 0.109. The van der Waals surface area contributed by atoms with Crippen LogP contribution < -0.4 is 14.8 Å². The van der Waals surface area contributed by atoms with Gasteiger partial charge in [0.2, 0.25) is 12.1 Å². The number of fused-ring (bicyclic) bond motifs is 2. The number of carbonyl (C=O) groups is 1. The van der Waals surface area contributed by atoms with E-state index in [-0.39, 0.29) is 48.7 Å². The van der Waals surface area contributed by atoms with Crippen LogP contribution in [0.3, 0.4) is 0 Å². The number of nitrogens with one attached hydrogen (secondary N) is 1. The van der Waals surface area contributed by atoms with Gasteiger partial charge in [-0.25, -0.2) is 4.79 Å². The number of aromatic nitrogens is 2. The van der Waals surface area contributed by atoms with E-state index in [1.807, 2.05) is 42.5 Å². The van der Waals surface area contributed by atoms with Gasteiger partial charge in [0.05, 0.1) is 35.8 Å². The van der Waals surface area contributed by atoms with Gasteiger partial charge < -0.3 is 39.3 Å². The molecule has 3 heterocycles. The first-order valence-electron chi connectivity index (χ1n) is 21.2. The van der Waals surface area contributed by atoms with Gasteiger partial charge in [0, 0.05) is 69.1 Å². The number of nitrogens with zero attached hydrogens (tertiary/aromatic N) is 3. The van der Waals surface area contributed by atoms with Gasteiger partial charge in [0.25, 0.3) is 0 Å². The predicted octanol–water partition coefficient (Wildman–Crippen LogP) is 7.90. The Morgan fingerprint density at radius 3 is 2.68 bits per heavy atom. The number of thioether (sulfide) groups is 1. The Bertz CT molecular complexity index is 1880. The van der Waals surface area contributed by atoms with Crippen LogP contribution in [0.2, 0.25) is 0 Å². The Hall–Kier alpha value is -4.27. The van der Waals surface area contributed by atoms with Crippen molar-refractivity contribution >= 4 is 23.6 Å². The standard InChI is InChI=1S/C46H58N4O8S/c1-2-24-55-46-41(59-26-19-34-31-47-20-21-48-34)29-39(50-58-42-16-8-11-25-54-42)37-27-33(14-6-9-22-51)36(15-7-10-23-52)43(44(37)46)38-28-35(17-18-40(38)57-46)56-45(53)49-30-32-12-4-3-5-13-32/h2-5,12-13,17-18,20-21,27-28,31,33,36,41-44,51-52H,1,6-11,14-16,19,22-26,29-30H2,(H,49,53). The van der Waals surface area contributed by atoms with E-state index in [0.29, 0.717) is 50.3 Å². The third kappa shape index (κ3) is 10.6. The summed E-state index contributed by atoms with van der Waals surface area (Å²) in [4.78, 5) is 28.2. The molecular weight excluding hydrogens is 769 g/mol. The molecule has 0 bridgehead atoms. The first kappa shape index (κ1) is 42.8. The van der Waals surface area contributed by atoms with Crippen molar-refractivity contribution in [3.05, 3.63) is 108 Å². The number of aliphatic hydroxyl groups is 2. The van der Waals surface area contributed by atoms with Crippen molar-refractivity contribution < 1.29 is 38.8 Å². The lowest BCUT2D eigenvalue weighted by Crippen LogP contribution is -2.64. The summed E-state index contributed by atoms with van der Waals surface area (Å²) in [7, 11) is 0. The molecule has 2 aliphatic heterocycles. The van der Waals surface area contributed by atoms with Crippen molar-refractivity contribution in [3.63, 3.8) is 0 Å². The highest BCUT2D eigenvalue weighted by Crippen LogP contribution is 2.62. The van der Waals surface area contributed by atoms with E-state index >= 15 is 0 Å². The van der Waals surface area contributed by atoms with E-state index in [1.165, 1.54) is 0 Å². The molecule has 7 rings (SSSR count). The molecule has 4 aliphatic rings. The molecule has 3 N–H and O–H groups in total. The van der Waals surface area contributed by atoms with Crippen molar-refractivity contribution in [3.8, 4) is 11.5 Å². The summed E-state index contributed by atoms with van der Waals surface area (Å²) in [5.74, 6) is 0.487. The lowest BCUT2D eigenvalue weighted by Gasteiger charge is -2.58. The summed E-state index contributed by atoms with van der Waals surface area (Å²) in [6.07, 6.45) is 17.2. The van der Waals surface area contributed by atoms with Gasteiger partial charge in [-0.05, 0) is 85.4 Å². The van der Waals surface area contributed by atoms with Gasteiger partial charge in [-0.15, -0.1) is 6.58 Å². The monoisotopic (exact) mass is 826 g/mol. The van der Waals surface area contributed by atoms with Gasteiger partial charge in [-0.2, -0.15) is 11.8 Å². The van der Waals surface area contributed by atoms with E-state index < -0.39 is 18.2 Å². The average molecular weight is 827 g/mol. The fraction of sp³-hybridized carbons (Fsp3) is 0.522. The van der Waals surface area contributed by atoms with Crippen LogP contribution in [0.1, 0.15) is 86.9 Å². The van der Waals surface area contributed by atoms with Crippen LogP contribution in [-0.4, -0.2) is 81.5 Å². The smallest absolute Gasteiger partial charge is 0.412 e. The lowest BCUT2D eigenvalue weighted by atomic mass is 9.56. The molecule has 316 valence electrons. The number of carbonyl (C=O) groups excluding carboxylic acids is 1. The van der Waals surface area contributed by atoms with E-state index in [2.05, 4.69) is 27.9 Å². The molecule has 2 fully saturated rings. The summed E-state index contributed by atoms with van der Waals surface area (Å²) in [6, 6.07) is 15.4.